The molecule has 4 atom stereocenters. The number of hydrogen-bond donors (Lipinski definition) is 2. The molecule has 0 unspecified atom stereocenters. The quantitative estimate of drug-likeness (QED) is 0.668. The smallest absolute Gasteiger partial charge is 0.163 e. The van der Waals surface area contributed by atoms with Crippen LogP contribution in [0.3, 0.4) is 0 Å². The monoisotopic (exact) mass is 232 g/mol. The number of hydrogen-bond acceptors (Lipinski definition) is 5. The maximum absolute atomic E-state index is 9.79. The second-order valence-corrected chi connectivity index (χ2v) is 5.25. The standard InChI is InChI=1S/C11H20O5/c1-10(2)14-6-11(3)9(16-10)4-7(13)8(5-12)15-11/h7-9,12-13H,4-6H2,1-3H3/t7-,8+,9+,11-/m0/s1. The van der Waals surface area contributed by atoms with Gasteiger partial charge in [0.2, 0.25) is 0 Å². The van der Waals surface area contributed by atoms with Gasteiger partial charge in [-0.3, -0.25) is 0 Å². The van der Waals surface area contributed by atoms with E-state index in [9.17, 15) is 5.11 Å². The molecule has 0 aliphatic carbocycles. The molecule has 2 N–H and O–H groups in total. The van der Waals surface area contributed by atoms with Crippen LogP contribution in [-0.2, 0) is 14.2 Å². The Balaban J connectivity index is 2.13. The number of aliphatic hydroxyl groups is 2. The molecule has 0 aromatic rings. The lowest BCUT2D eigenvalue weighted by Crippen LogP contribution is -2.64. The SMILES string of the molecule is CC1(C)OC[C@]2(C)O[C@H](CO)[C@@H](O)C[C@H]2O1. The highest BCUT2D eigenvalue weighted by molar-refractivity contribution is 4.97. The molecule has 2 heterocycles. The third-order valence-electron chi connectivity index (χ3n) is 3.30. The first-order chi connectivity index (χ1) is 7.36. The van der Waals surface area contributed by atoms with Crippen LogP contribution < -0.4 is 0 Å². The topological polar surface area (TPSA) is 68.2 Å². The maximum Gasteiger partial charge on any atom is 0.163 e. The predicted octanol–water partition coefficient (Wildman–Crippen LogP) is 0.0387. The number of rotatable bonds is 1. The highest BCUT2D eigenvalue weighted by Gasteiger charge is 2.51. The first-order valence-corrected chi connectivity index (χ1v) is 5.65. The van der Waals surface area contributed by atoms with Crippen molar-refractivity contribution in [3.63, 3.8) is 0 Å². The molecule has 0 amide bonds. The van der Waals surface area contributed by atoms with Crippen LogP contribution in [0, 0.1) is 0 Å². The van der Waals surface area contributed by atoms with Gasteiger partial charge in [0, 0.05) is 6.42 Å². The Labute approximate surface area is 95.3 Å². The third-order valence-corrected chi connectivity index (χ3v) is 3.30. The fourth-order valence-electron chi connectivity index (χ4n) is 2.27. The predicted molar refractivity (Wildman–Crippen MR) is 55.9 cm³/mol. The Bertz CT molecular complexity index is 267. The van der Waals surface area contributed by atoms with E-state index in [2.05, 4.69) is 0 Å². The van der Waals surface area contributed by atoms with Gasteiger partial charge in [-0.25, -0.2) is 0 Å². The van der Waals surface area contributed by atoms with Crippen LogP contribution in [0.25, 0.3) is 0 Å². The van der Waals surface area contributed by atoms with Gasteiger partial charge in [0.05, 0.1) is 25.4 Å². The highest BCUT2D eigenvalue weighted by atomic mass is 16.7. The summed E-state index contributed by atoms with van der Waals surface area (Å²) < 4.78 is 17.0. The molecule has 94 valence electrons. The summed E-state index contributed by atoms with van der Waals surface area (Å²) in [6.45, 7) is 5.80. The summed E-state index contributed by atoms with van der Waals surface area (Å²) in [7, 11) is 0. The summed E-state index contributed by atoms with van der Waals surface area (Å²) in [6.07, 6.45) is -0.963. The molecule has 0 aromatic heterocycles. The van der Waals surface area contributed by atoms with Crippen LogP contribution in [0.4, 0.5) is 0 Å². The average molecular weight is 232 g/mol. The molecule has 2 aliphatic heterocycles. The fourth-order valence-corrected chi connectivity index (χ4v) is 2.27. The van der Waals surface area contributed by atoms with Crippen LogP contribution in [0.1, 0.15) is 27.2 Å². The Kier molecular flexibility index (Phi) is 3.01. The van der Waals surface area contributed by atoms with E-state index >= 15 is 0 Å². The number of fused-ring (bicyclic) bond motifs is 1. The van der Waals surface area contributed by atoms with E-state index in [1.807, 2.05) is 20.8 Å². The van der Waals surface area contributed by atoms with Gasteiger partial charge in [0.15, 0.2) is 5.79 Å². The second-order valence-electron chi connectivity index (χ2n) is 5.25. The van der Waals surface area contributed by atoms with Crippen LogP contribution in [0.15, 0.2) is 0 Å². The van der Waals surface area contributed by atoms with Crippen molar-refractivity contribution in [2.75, 3.05) is 13.2 Å². The van der Waals surface area contributed by atoms with Crippen molar-refractivity contribution in [2.45, 2.75) is 56.9 Å². The molecular weight excluding hydrogens is 212 g/mol. The minimum Gasteiger partial charge on any atom is -0.394 e. The Morgan fingerprint density at radius 2 is 1.94 bits per heavy atom. The number of ether oxygens (including phenoxy) is 3. The van der Waals surface area contributed by atoms with Gasteiger partial charge in [-0.15, -0.1) is 0 Å². The fraction of sp³-hybridized carbons (Fsp3) is 1.00. The maximum atomic E-state index is 9.79. The molecule has 2 fully saturated rings. The minimum absolute atomic E-state index is 0.188. The highest BCUT2D eigenvalue weighted by Crippen LogP contribution is 2.38. The number of aliphatic hydroxyl groups excluding tert-OH is 2. The zero-order valence-corrected chi connectivity index (χ0v) is 9.97. The van der Waals surface area contributed by atoms with Gasteiger partial charge in [-0.1, -0.05) is 0 Å². The van der Waals surface area contributed by atoms with Crippen molar-refractivity contribution in [3.8, 4) is 0 Å². The normalized spacial score (nSPS) is 47.4. The molecule has 0 spiro atoms. The van der Waals surface area contributed by atoms with Gasteiger partial charge >= 0.3 is 0 Å². The van der Waals surface area contributed by atoms with E-state index in [4.69, 9.17) is 19.3 Å². The van der Waals surface area contributed by atoms with Gasteiger partial charge in [0.25, 0.3) is 0 Å². The Morgan fingerprint density at radius 1 is 1.25 bits per heavy atom. The zero-order valence-electron chi connectivity index (χ0n) is 9.97. The molecule has 5 heteroatoms. The summed E-state index contributed by atoms with van der Waals surface area (Å²) >= 11 is 0. The molecular formula is C11H20O5. The minimum atomic E-state index is -0.683. The van der Waals surface area contributed by atoms with Crippen molar-refractivity contribution >= 4 is 0 Å². The summed E-state index contributed by atoms with van der Waals surface area (Å²) in [5.74, 6) is -0.640. The third kappa shape index (κ3) is 2.10. The molecule has 2 rings (SSSR count). The second kappa shape index (κ2) is 3.92. The largest absolute Gasteiger partial charge is 0.394 e. The van der Waals surface area contributed by atoms with Gasteiger partial charge in [-0.2, -0.15) is 0 Å². The van der Waals surface area contributed by atoms with E-state index < -0.39 is 23.6 Å². The van der Waals surface area contributed by atoms with Crippen LogP contribution in [0.2, 0.25) is 0 Å². The molecule has 5 nitrogen and oxygen atoms in total. The van der Waals surface area contributed by atoms with E-state index in [0.29, 0.717) is 13.0 Å². The van der Waals surface area contributed by atoms with E-state index in [1.54, 1.807) is 0 Å². The zero-order chi connectivity index (χ0) is 12.0. The summed E-state index contributed by atoms with van der Waals surface area (Å²) in [4.78, 5) is 0. The van der Waals surface area contributed by atoms with Crippen molar-refractivity contribution in [2.24, 2.45) is 0 Å². The first kappa shape index (κ1) is 12.3. The summed E-state index contributed by atoms with van der Waals surface area (Å²) in [5.41, 5.74) is -0.581. The van der Waals surface area contributed by atoms with Gasteiger partial charge < -0.3 is 24.4 Å². The molecule has 16 heavy (non-hydrogen) atoms. The average Bonchev–Trinajstić information content (AvgIpc) is 2.19. The molecule has 0 bridgehead atoms. The van der Waals surface area contributed by atoms with Crippen LogP contribution in [0.5, 0.6) is 0 Å². The molecule has 0 aromatic carbocycles. The molecule has 2 aliphatic rings. The summed E-state index contributed by atoms with van der Waals surface area (Å²) in [5, 5.41) is 18.9. The lowest BCUT2D eigenvalue weighted by atomic mass is 9.87. The summed E-state index contributed by atoms with van der Waals surface area (Å²) in [6, 6.07) is 0. The lowest BCUT2D eigenvalue weighted by Gasteiger charge is -2.52. The van der Waals surface area contributed by atoms with Crippen LogP contribution in [-0.4, -0.2) is 53.1 Å². The van der Waals surface area contributed by atoms with Crippen molar-refractivity contribution in [1.29, 1.82) is 0 Å². The van der Waals surface area contributed by atoms with E-state index in [0.717, 1.165) is 0 Å². The molecule has 0 radical (unpaired) electrons. The lowest BCUT2D eigenvalue weighted by molar-refractivity contribution is -0.368. The Morgan fingerprint density at radius 3 is 2.56 bits per heavy atom. The van der Waals surface area contributed by atoms with E-state index in [-0.39, 0.29) is 12.7 Å². The van der Waals surface area contributed by atoms with Gasteiger partial charge in [0.1, 0.15) is 11.7 Å². The Hall–Kier alpha value is -0.200. The first-order valence-electron chi connectivity index (χ1n) is 5.65. The van der Waals surface area contributed by atoms with E-state index in [1.165, 1.54) is 0 Å². The van der Waals surface area contributed by atoms with Crippen molar-refractivity contribution in [1.82, 2.24) is 0 Å². The molecule has 2 saturated heterocycles. The van der Waals surface area contributed by atoms with Gasteiger partial charge in [-0.05, 0) is 20.8 Å². The van der Waals surface area contributed by atoms with Crippen LogP contribution >= 0.6 is 0 Å². The van der Waals surface area contributed by atoms with Crippen molar-refractivity contribution < 1.29 is 24.4 Å². The van der Waals surface area contributed by atoms with Crippen molar-refractivity contribution in [3.05, 3.63) is 0 Å². The molecule has 0 saturated carbocycles.